The Morgan fingerprint density at radius 1 is 0.706 bits per heavy atom. The molecule has 1 aliphatic rings. The third-order valence-corrected chi connectivity index (χ3v) is 9.10. The first kappa shape index (κ1) is 19.3. The lowest BCUT2D eigenvalue weighted by Gasteiger charge is -2.32. The zero-order chi connectivity index (χ0) is 23.0. The molecule has 0 unspecified atom stereocenters. The molecule has 0 saturated carbocycles. The van der Waals surface area contributed by atoms with E-state index in [9.17, 15) is 0 Å². The Morgan fingerprint density at radius 2 is 1.44 bits per heavy atom. The second-order valence-electron chi connectivity index (χ2n) is 10.4. The summed E-state index contributed by atoms with van der Waals surface area (Å²) in [5.74, 6) is 0. The Balaban J connectivity index is 1.56. The summed E-state index contributed by atoms with van der Waals surface area (Å²) in [7, 11) is -0.432. The van der Waals surface area contributed by atoms with Gasteiger partial charge in [-0.25, -0.2) is 0 Å². The molecular weight excluding hydrogens is 443 g/mol. The van der Waals surface area contributed by atoms with Crippen molar-refractivity contribution in [2.45, 2.75) is 38.9 Å². The standard InChI is InChI=1S/C28H21BO4S/c1-27(2)28(3,4)33-29(32-27)16-9-10-18-23-24-20(34-26(16)23)12-11-17-21(24)22-19(30-17)13-14-7-5-6-8-15(14)25(22)31-18/h5-13H,1-4H3. The molecule has 6 heteroatoms. The van der Waals surface area contributed by atoms with Gasteiger partial charge in [-0.2, -0.15) is 0 Å². The van der Waals surface area contributed by atoms with Crippen LogP contribution in [0.25, 0.3) is 64.0 Å². The molecule has 1 saturated heterocycles. The number of benzene rings is 4. The average Bonchev–Trinajstić information content (AvgIpc) is 3.37. The number of hydrogen-bond acceptors (Lipinski definition) is 5. The summed E-state index contributed by atoms with van der Waals surface area (Å²) in [5.41, 5.74) is 3.72. The Morgan fingerprint density at radius 3 is 2.26 bits per heavy atom. The first-order valence-electron chi connectivity index (χ1n) is 11.6. The average molecular weight is 464 g/mol. The van der Waals surface area contributed by atoms with Crippen molar-refractivity contribution in [1.82, 2.24) is 0 Å². The van der Waals surface area contributed by atoms with E-state index in [1.807, 2.05) is 6.07 Å². The molecule has 1 fully saturated rings. The van der Waals surface area contributed by atoms with Crippen molar-refractivity contribution in [3.05, 3.63) is 54.6 Å². The molecule has 1 aliphatic heterocycles. The molecule has 7 aromatic rings. The van der Waals surface area contributed by atoms with Crippen molar-refractivity contribution >= 4 is 88.0 Å². The molecule has 0 spiro atoms. The highest BCUT2D eigenvalue weighted by Crippen LogP contribution is 2.48. The second-order valence-corrected chi connectivity index (χ2v) is 11.4. The summed E-state index contributed by atoms with van der Waals surface area (Å²) in [6.45, 7) is 8.37. The Bertz CT molecular complexity index is 1920. The third kappa shape index (κ3) is 2.22. The first-order valence-corrected chi connectivity index (χ1v) is 12.4. The van der Waals surface area contributed by atoms with Crippen LogP contribution in [0.1, 0.15) is 27.7 Å². The monoisotopic (exact) mass is 464 g/mol. The van der Waals surface area contributed by atoms with Gasteiger partial charge < -0.3 is 18.1 Å². The van der Waals surface area contributed by atoms with Gasteiger partial charge in [0.2, 0.25) is 0 Å². The highest BCUT2D eigenvalue weighted by molar-refractivity contribution is 7.27. The van der Waals surface area contributed by atoms with Gasteiger partial charge in [0.05, 0.1) is 16.6 Å². The smallest absolute Gasteiger partial charge is 0.456 e. The molecule has 8 rings (SSSR count). The minimum Gasteiger partial charge on any atom is -0.456 e. The van der Waals surface area contributed by atoms with Crippen molar-refractivity contribution < 1.29 is 18.1 Å². The van der Waals surface area contributed by atoms with Gasteiger partial charge in [-0.1, -0.05) is 30.3 Å². The van der Waals surface area contributed by atoms with Crippen molar-refractivity contribution in [3.63, 3.8) is 0 Å². The van der Waals surface area contributed by atoms with Crippen LogP contribution >= 0.6 is 11.3 Å². The molecule has 0 bridgehead atoms. The number of furan rings is 1. The summed E-state index contributed by atoms with van der Waals surface area (Å²) in [6.07, 6.45) is 0. The molecule has 0 N–H and O–H groups in total. The van der Waals surface area contributed by atoms with Crippen LogP contribution in [0.4, 0.5) is 0 Å². The van der Waals surface area contributed by atoms with Gasteiger partial charge in [-0.05, 0) is 57.3 Å². The summed E-state index contributed by atoms with van der Waals surface area (Å²) in [5, 5.41) is 6.68. The zero-order valence-electron chi connectivity index (χ0n) is 19.3. The van der Waals surface area contributed by atoms with Crippen LogP contribution in [-0.4, -0.2) is 18.3 Å². The minimum atomic E-state index is -0.432. The van der Waals surface area contributed by atoms with Gasteiger partial charge in [0.15, 0.2) is 0 Å². The van der Waals surface area contributed by atoms with Crippen molar-refractivity contribution in [2.24, 2.45) is 0 Å². The molecule has 166 valence electrons. The highest BCUT2D eigenvalue weighted by atomic mass is 32.1. The van der Waals surface area contributed by atoms with E-state index in [2.05, 4.69) is 76.2 Å². The Hall–Kier alpha value is -3.06. The van der Waals surface area contributed by atoms with Gasteiger partial charge in [0.1, 0.15) is 22.3 Å². The van der Waals surface area contributed by atoms with Crippen LogP contribution in [-0.2, 0) is 9.31 Å². The minimum absolute atomic E-state index is 0.400. The maximum Gasteiger partial charge on any atom is 0.496 e. The van der Waals surface area contributed by atoms with Crippen LogP contribution in [0, 0.1) is 0 Å². The fraction of sp³-hybridized carbons (Fsp3) is 0.214. The second kappa shape index (κ2) is 5.95. The molecule has 0 aliphatic carbocycles. The molecule has 3 aromatic heterocycles. The first-order chi connectivity index (χ1) is 16.3. The lowest BCUT2D eigenvalue weighted by Crippen LogP contribution is -2.41. The SMILES string of the molecule is CC1(C)OB(c2ccc3oc4c5ccccc5cc5oc6ccc7sc2c3c7c6c54)OC1(C)C. The van der Waals surface area contributed by atoms with E-state index in [1.165, 1.54) is 10.1 Å². The molecule has 4 heterocycles. The quantitative estimate of drug-likeness (QED) is 0.235. The van der Waals surface area contributed by atoms with Crippen molar-refractivity contribution in [2.75, 3.05) is 0 Å². The maximum atomic E-state index is 6.75. The predicted octanol–water partition coefficient (Wildman–Crippen LogP) is 7.59. The number of hydrogen-bond donors (Lipinski definition) is 0. The van der Waals surface area contributed by atoms with Gasteiger partial charge in [0, 0.05) is 36.4 Å². The van der Waals surface area contributed by atoms with Crippen LogP contribution < -0.4 is 5.46 Å². The molecular formula is C28H21BO4S. The lowest BCUT2D eigenvalue weighted by atomic mass is 9.78. The van der Waals surface area contributed by atoms with Crippen LogP contribution in [0.2, 0.25) is 0 Å². The molecule has 0 radical (unpaired) electrons. The number of rotatable bonds is 1. The zero-order valence-corrected chi connectivity index (χ0v) is 20.1. The third-order valence-electron chi connectivity index (χ3n) is 7.90. The van der Waals surface area contributed by atoms with E-state index in [1.54, 1.807) is 11.3 Å². The predicted molar refractivity (Wildman–Crippen MR) is 141 cm³/mol. The van der Waals surface area contributed by atoms with E-state index >= 15 is 0 Å². The van der Waals surface area contributed by atoms with E-state index < -0.39 is 18.3 Å². The van der Waals surface area contributed by atoms with Gasteiger partial charge >= 0.3 is 7.12 Å². The Labute approximate surface area is 199 Å². The Kier molecular flexibility index (Phi) is 3.37. The molecule has 34 heavy (non-hydrogen) atoms. The largest absolute Gasteiger partial charge is 0.496 e. The van der Waals surface area contributed by atoms with E-state index in [0.29, 0.717) is 0 Å². The molecule has 0 amide bonds. The lowest BCUT2D eigenvalue weighted by molar-refractivity contribution is 0.00578. The van der Waals surface area contributed by atoms with Crippen molar-refractivity contribution in [1.29, 1.82) is 0 Å². The van der Waals surface area contributed by atoms with Gasteiger partial charge in [-0.3, -0.25) is 0 Å². The number of thiophene rings is 1. The summed E-state index contributed by atoms with van der Waals surface area (Å²) < 4.78 is 28.4. The summed E-state index contributed by atoms with van der Waals surface area (Å²) >= 11 is 1.77. The molecule has 0 atom stereocenters. The molecule has 4 aromatic carbocycles. The van der Waals surface area contributed by atoms with E-state index in [-0.39, 0.29) is 0 Å². The number of fused-ring (bicyclic) bond motifs is 2. The fourth-order valence-corrected chi connectivity index (χ4v) is 6.70. The van der Waals surface area contributed by atoms with Crippen LogP contribution in [0.15, 0.2) is 63.4 Å². The molecule has 4 nitrogen and oxygen atoms in total. The normalized spacial score (nSPS) is 18.2. The van der Waals surface area contributed by atoms with E-state index in [0.717, 1.165) is 59.4 Å². The fourth-order valence-electron chi connectivity index (χ4n) is 5.45. The van der Waals surface area contributed by atoms with E-state index in [4.69, 9.17) is 18.1 Å². The topological polar surface area (TPSA) is 44.7 Å². The highest BCUT2D eigenvalue weighted by Gasteiger charge is 2.52. The van der Waals surface area contributed by atoms with Crippen LogP contribution in [0.5, 0.6) is 0 Å². The van der Waals surface area contributed by atoms with Crippen molar-refractivity contribution in [3.8, 4) is 0 Å². The van der Waals surface area contributed by atoms with Gasteiger partial charge in [-0.15, -0.1) is 11.3 Å². The summed E-state index contributed by atoms with van der Waals surface area (Å²) in [4.78, 5) is 0. The van der Waals surface area contributed by atoms with Crippen LogP contribution in [0.3, 0.4) is 0 Å². The summed E-state index contributed by atoms with van der Waals surface area (Å²) in [6, 6.07) is 18.9. The van der Waals surface area contributed by atoms with Gasteiger partial charge in [0.25, 0.3) is 0 Å². The maximum absolute atomic E-state index is 6.75.